The predicted molar refractivity (Wildman–Crippen MR) is 146 cm³/mol. The quantitative estimate of drug-likeness (QED) is 0.308. The molecule has 0 spiro atoms. The molecule has 1 aliphatic heterocycles. The fraction of sp³-hybridized carbons (Fsp3) is 0.259. The number of dihydropyridines is 1. The normalized spacial score (nSPS) is 18.7. The van der Waals surface area contributed by atoms with Gasteiger partial charge in [-0.3, -0.25) is 9.80 Å². The molecular formula is C27H31F2N7O2. The van der Waals surface area contributed by atoms with Gasteiger partial charge in [-0.2, -0.15) is 13.9 Å². The topological polar surface area (TPSA) is 96.6 Å². The molecule has 0 unspecified atom stereocenters. The third-order valence-corrected chi connectivity index (χ3v) is 5.65. The first-order chi connectivity index (χ1) is 18.0. The van der Waals surface area contributed by atoms with E-state index < -0.39 is 6.61 Å². The molecule has 1 aliphatic carbocycles. The minimum atomic E-state index is -2.95. The SMILES string of the molecule is CN/C(=C1/C=C(N(C)/N=C2/C=CC(N(C)C)=N/C2=C(/C=O)c2ccc(OC(F)F)cc2)C=CC1=N)N(C)C. The molecule has 1 heterocycles. The molecule has 0 aromatic heterocycles. The second-order valence-electron chi connectivity index (χ2n) is 8.71. The number of allylic oxidation sites excluding steroid dienone is 6. The van der Waals surface area contributed by atoms with Crippen LogP contribution in [0, 0.1) is 5.41 Å². The van der Waals surface area contributed by atoms with Gasteiger partial charge >= 0.3 is 6.61 Å². The summed E-state index contributed by atoms with van der Waals surface area (Å²) in [4.78, 5) is 20.6. The average molecular weight is 524 g/mol. The number of amidine groups is 1. The number of nitrogens with one attached hydrogen (secondary N) is 2. The Balaban J connectivity index is 2.09. The van der Waals surface area contributed by atoms with Crippen molar-refractivity contribution in [3.63, 3.8) is 0 Å². The lowest BCUT2D eigenvalue weighted by molar-refractivity contribution is -0.103. The molecule has 200 valence electrons. The van der Waals surface area contributed by atoms with Crippen molar-refractivity contribution in [2.45, 2.75) is 6.61 Å². The molecule has 0 atom stereocenters. The van der Waals surface area contributed by atoms with Crippen molar-refractivity contribution in [1.29, 1.82) is 5.41 Å². The van der Waals surface area contributed by atoms with Crippen LogP contribution in [0.5, 0.6) is 5.75 Å². The molecule has 3 rings (SSSR count). The average Bonchev–Trinajstić information content (AvgIpc) is 2.87. The number of carbonyl (C=O) groups is 1. The monoisotopic (exact) mass is 523 g/mol. The highest BCUT2D eigenvalue weighted by Gasteiger charge is 2.21. The van der Waals surface area contributed by atoms with Gasteiger partial charge in [0.25, 0.3) is 0 Å². The molecule has 0 saturated carbocycles. The van der Waals surface area contributed by atoms with Crippen molar-refractivity contribution in [2.75, 3.05) is 42.3 Å². The van der Waals surface area contributed by atoms with Gasteiger partial charge in [0.2, 0.25) is 0 Å². The highest BCUT2D eigenvalue weighted by Crippen LogP contribution is 2.26. The molecule has 0 amide bonds. The molecule has 11 heteroatoms. The summed E-state index contributed by atoms with van der Waals surface area (Å²) in [7, 11) is 11.0. The Hall–Kier alpha value is -4.54. The lowest BCUT2D eigenvalue weighted by Gasteiger charge is -2.25. The highest BCUT2D eigenvalue weighted by molar-refractivity contribution is 6.25. The third-order valence-electron chi connectivity index (χ3n) is 5.65. The van der Waals surface area contributed by atoms with Crippen molar-refractivity contribution in [1.82, 2.24) is 20.1 Å². The Morgan fingerprint density at radius 2 is 1.76 bits per heavy atom. The number of rotatable bonds is 8. The van der Waals surface area contributed by atoms with Crippen LogP contribution in [-0.4, -0.2) is 87.3 Å². The van der Waals surface area contributed by atoms with Crippen LogP contribution in [0.2, 0.25) is 0 Å². The molecule has 1 aromatic carbocycles. The van der Waals surface area contributed by atoms with E-state index in [1.165, 1.54) is 24.3 Å². The number of carbonyl (C=O) groups excluding carboxylic acids is 1. The molecule has 2 aliphatic rings. The van der Waals surface area contributed by atoms with Crippen LogP contribution in [0.15, 0.2) is 87.5 Å². The van der Waals surface area contributed by atoms with E-state index in [9.17, 15) is 13.6 Å². The lowest BCUT2D eigenvalue weighted by atomic mass is 10.0. The van der Waals surface area contributed by atoms with Gasteiger partial charge in [-0.25, -0.2) is 4.99 Å². The zero-order valence-electron chi connectivity index (χ0n) is 22.2. The van der Waals surface area contributed by atoms with Crippen LogP contribution in [0.1, 0.15) is 5.56 Å². The summed E-state index contributed by atoms with van der Waals surface area (Å²) in [5.74, 6) is 1.37. The van der Waals surface area contributed by atoms with Gasteiger partial charge in [-0.15, -0.1) is 0 Å². The lowest BCUT2D eigenvalue weighted by Crippen LogP contribution is -2.27. The Kier molecular flexibility index (Phi) is 8.95. The van der Waals surface area contributed by atoms with Gasteiger partial charge < -0.3 is 25.3 Å². The molecule has 0 saturated heterocycles. The zero-order chi connectivity index (χ0) is 28.0. The predicted octanol–water partition coefficient (Wildman–Crippen LogP) is 3.48. The molecule has 1 aromatic rings. The summed E-state index contributed by atoms with van der Waals surface area (Å²) in [5, 5.41) is 17.8. The zero-order valence-corrected chi connectivity index (χ0v) is 22.2. The van der Waals surface area contributed by atoms with E-state index >= 15 is 0 Å². The number of aliphatic imine (C=N–C) groups is 1. The largest absolute Gasteiger partial charge is 0.435 e. The second kappa shape index (κ2) is 12.1. The van der Waals surface area contributed by atoms with Gasteiger partial charge in [-0.05, 0) is 48.1 Å². The molecule has 38 heavy (non-hydrogen) atoms. The maximum atomic E-state index is 12.6. The highest BCUT2D eigenvalue weighted by atomic mass is 19.3. The molecule has 0 bridgehead atoms. The first kappa shape index (κ1) is 28.0. The maximum absolute atomic E-state index is 12.6. The first-order valence-electron chi connectivity index (χ1n) is 11.6. The van der Waals surface area contributed by atoms with Crippen LogP contribution >= 0.6 is 0 Å². The third kappa shape index (κ3) is 6.41. The van der Waals surface area contributed by atoms with E-state index in [1.54, 1.807) is 48.3 Å². The molecule has 2 N–H and O–H groups in total. The van der Waals surface area contributed by atoms with Crippen molar-refractivity contribution in [2.24, 2.45) is 10.1 Å². The van der Waals surface area contributed by atoms with E-state index in [2.05, 4.69) is 15.0 Å². The molecule has 0 fully saturated rings. The van der Waals surface area contributed by atoms with Crippen molar-refractivity contribution in [3.8, 4) is 5.75 Å². The summed E-state index contributed by atoms with van der Waals surface area (Å²) in [5.41, 5.74) is 3.24. The second-order valence-corrected chi connectivity index (χ2v) is 8.71. The van der Waals surface area contributed by atoms with E-state index in [0.29, 0.717) is 40.4 Å². The van der Waals surface area contributed by atoms with Gasteiger partial charge in [-0.1, -0.05) is 12.1 Å². The number of aldehydes is 1. The molecular weight excluding hydrogens is 492 g/mol. The Morgan fingerprint density at radius 1 is 1.08 bits per heavy atom. The van der Waals surface area contributed by atoms with Crippen LogP contribution in [0.3, 0.4) is 0 Å². The summed E-state index contributed by atoms with van der Waals surface area (Å²) in [6, 6.07) is 5.78. The summed E-state index contributed by atoms with van der Waals surface area (Å²) >= 11 is 0. The fourth-order valence-corrected chi connectivity index (χ4v) is 3.79. The smallest absolute Gasteiger partial charge is 0.387 e. The molecule has 9 nitrogen and oxygen atoms in total. The van der Waals surface area contributed by atoms with Gasteiger partial charge in [0.1, 0.15) is 28.8 Å². The summed E-state index contributed by atoms with van der Waals surface area (Å²) in [6.07, 6.45) is 9.54. The fourth-order valence-electron chi connectivity index (χ4n) is 3.79. The summed E-state index contributed by atoms with van der Waals surface area (Å²) in [6.45, 7) is -2.95. The number of benzene rings is 1. The summed E-state index contributed by atoms with van der Waals surface area (Å²) < 4.78 is 29.5. The van der Waals surface area contributed by atoms with Crippen LogP contribution < -0.4 is 10.1 Å². The van der Waals surface area contributed by atoms with Crippen molar-refractivity contribution >= 4 is 29.1 Å². The number of hydrogen-bond acceptors (Lipinski definition) is 9. The maximum Gasteiger partial charge on any atom is 0.387 e. The number of ether oxygens (including phenoxy) is 1. The van der Waals surface area contributed by atoms with Gasteiger partial charge in [0.15, 0.2) is 6.29 Å². The number of halogens is 2. The van der Waals surface area contributed by atoms with Crippen molar-refractivity contribution in [3.05, 3.63) is 83.0 Å². The standard InChI is InChI=1S/C27H31F2N7O2/c1-31-26(35(4)5)20-15-18(9-12-22(20)30)36(6)33-23-13-14-24(34(2)3)32-25(23)21(16-37)17-7-10-19(11-8-17)38-27(28)29/h7-16,27,30-31H,1-6H3/b25-21-,26-20+,30-22?,33-23-. The minimum absolute atomic E-state index is 0.0160. The van der Waals surface area contributed by atoms with E-state index in [-0.39, 0.29) is 11.3 Å². The van der Waals surface area contributed by atoms with Gasteiger partial charge in [0, 0.05) is 53.4 Å². The number of likely N-dealkylation sites (N-methyl/N-ethyl adjacent to an activating group) is 2. The number of hydrazone groups is 1. The van der Waals surface area contributed by atoms with Crippen LogP contribution in [-0.2, 0) is 4.79 Å². The van der Waals surface area contributed by atoms with Crippen molar-refractivity contribution < 1.29 is 18.3 Å². The Bertz CT molecular complexity index is 1300. The van der Waals surface area contributed by atoms with Crippen LogP contribution in [0.4, 0.5) is 8.78 Å². The molecule has 0 radical (unpaired) electrons. The Morgan fingerprint density at radius 3 is 2.32 bits per heavy atom. The number of alkyl halides is 2. The van der Waals surface area contributed by atoms with Gasteiger partial charge in [0.05, 0.1) is 11.4 Å². The Labute approximate surface area is 221 Å². The van der Waals surface area contributed by atoms with E-state index in [1.807, 2.05) is 39.2 Å². The van der Waals surface area contributed by atoms with E-state index in [0.717, 1.165) is 11.5 Å². The minimum Gasteiger partial charge on any atom is -0.435 e. The first-order valence-corrected chi connectivity index (χ1v) is 11.6. The van der Waals surface area contributed by atoms with Crippen LogP contribution in [0.25, 0.3) is 5.57 Å². The number of nitrogens with zero attached hydrogens (tertiary/aromatic N) is 5. The van der Waals surface area contributed by atoms with E-state index in [4.69, 9.17) is 10.5 Å². The number of hydrogen-bond donors (Lipinski definition) is 2.